The molecule has 4 nitrogen and oxygen atoms in total. The molecule has 1 aromatic rings. The molecular formula is C17H26N2O2. The maximum atomic E-state index is 12.4. The molecule has 4 heteroatoms. The number of carbonyl (C=O) groups is 1. The van der Waals surface area contributed by atoms with Crippen LogP contribution >= 0.6 is 0 Å². The molecule has 2 rings (SSSR count). The van der Waals surface area contributed by atoms with Gasteiger partial charge in [-0.3, -0.25) is 10.1 Å². The Balaban J connectivity index is 2.04. The van der Waals surface area contributed by atoms with Crippen molar-refractivity contribution in [2.45, 2.75) is 51.9 Å². The zero-order valence-electron chi connectivity index (χ0n) is 13.3. The van der Waals surface area contributed by atoms with Crippen molar-refractivity contribution in [3.63, 3.8) is 0 Å². The van der Waals surface area contributed by atoms with Gasteiger partial charge in [-0.1, -0.05) is 44.2 Å². The normalized spacial score (nSPS) is 22.3. The van der Waals surface area contributed by atoms with Gasteiger partial charge >= 0.3 is 0 Å². The molecule has 0 bridgehead atoms. The molecule has 1 aromatic carbocycles. The molecule has 21 heavy (non-hydrogen) atoms. The number of aliphatic hydroxyl groups excluding tert-OH is 1. The Morgan fingerprint density at radius 2 is 1.90 bits per heavy atom. The molecule has 1 aliphatic rings. The van der Waals surface area contributed by atoms with Crippen LogP contribution in [-0.4, -0.2) is 40.1 Å². The summed E-state index contributed by atoms with van der Waals surface area (Å²) in [5.74, 6) is 0.407. The predicted octanol–water partition coefficient (Wildman–Crippen LogP) is 1.78. The molecule has 0 aliphatic carbocycles. The Bertz CT molecular complexity index is 485. The molecular weight excluding hydrogens is 264 g/mol. The van der Waals surface area contributed by atoms with Gasteiger partial charge in [0.05, 0.1) is 12.1 Å². The van der Waals surface area contributed by atoms with Gasteiger partial charge in [0.25, 0.3) is 0 Å². The number of likely N-dealkylation sites (tertiary alicyclic amines) is 1. The Kier molecular flexibility index (Phi) is 4.69. The average molecular weight is 290 g/mol. The molecule has 1 fully saturated rings. The number of amides is 1. The van der Waals surface area contributed by atoms with Crippen LogP contribution in [0.15, 0.2) is 30.3 Å². The highest BCUT2D eigenvalue weighted by Crippen LogP contribution is 2.33. The zero-order chi connectivity index (χ0) is 15.6. The lowest BCUT2D eigenvalue weighted by atomic mass is 9.80. The number of aliphatic hydroxyl groups is 1. The Hall–Kier alpha value is -1.39. The minimum absolute atomic E-state index is 0.0444. The molecule has 0 radical (unpaired) electrons. The first-order valence-corrected chi connectivity index (χ1v) is 7.60. The predicted molar refractivity (Wildman–Crippen MR) is 83.7 cm³/mol. The Morgan fingerprint density at radius 1 is 1.29 bits per heavy atom. The highest BCUT2D eigenvalue weighted by Gasteiger charge is 2.54. The molecule has 2 atom stereocenters. The lowest BCUT2D eigenvalue weighted by Gasteiger charge is -2.55. The van der Waals surface area contributed by atoms with E-state index in [1.54, 1.807) is 0 Å². The van der Waals surface area contributed by atoms with Gasteiger partial charge in [-0.05, 0) is 25.3 Å². The van der Waals surface area contributed by atoms with Crippen molar-refractivity contribution in [2.24, 2.45) is 5.92 Å². The van der Waals surface area contributed by atoms with Crippen LogP contribution < -0.4 is 5.32 Å². The summed E-state index contributed by atoms with van der Waals surface area (Å²) in [6.07, 6.45) is 0. The van der Waals surface area contributed by atoms with Crippen molar-refractivity contribution in [3.05, 3.63) is 35.9 Å². The van der Waals surface area contributed by atoms with Gasteiger partial charge in [-0.2, -0.15) is 0 Å². The second-order valence-corrected chi connectivity index (χ2v) is 6.70. The van der Waals surface area contributed by atoms with Crippen LogP contribution in [0, 0.1) is 5.92 Å². The number of rotatable bonds is 6. The lowest BCUT2D eigenvalue weighted by Crippen LogP contribution is -2.77. The summed E-state index contributed by atoms with van der Waals surface area (Å²) in [4.78, 5) is 14.3. The third-order valence-corrected chi connectivity index (χ3v) is 4.48. The van der Waals surface area contributed by atoms with Gasteiger partial charge in [-0.25, -0.2) is 0 Å². The minimum Gasteiger partial charge on any atom is -0.395 e. The maximum Gasteiger partial charge on any atom is 0.242 e. The summed E-state index contributed by atoms with van der Waals surface area (Å²) in [6.45, 7) is 8.93. The van der Waals surface area contributed by atoms with Crippen molar-refractivity contribution in [1.29, 1.82) is 0 Å². The van der Waals surface area contributed by atoms with Crippen molar-refractivity contribution in [3.8, 4) is 0 Å². The number of hydrogen-bond donors (Lipinski definition) is 2. The van der Waals surface area contributed by atoms with Crippen molar-refractivity contribution >= 4 is 5.91 Å². The molecule has 0 unspecified atom stereocenters. The Labute approximate surface area is 127 Å². The summed E-state index contributed by atoms with van der Waals surface area (Å²) in [7, 11) is 0. The van der Waals surface area contributed by atoms with Gasteiger partial charge in [-0.15, -0.1) is 0 Å². The first-order chi connectivity index (χ1) is 9.87. The fourth-order valence-corrected chi connectivity index (χ4v) is 2.82. The minimum atomic E-state index is -0.241. The molecule has 0 saturated carbocycles. The average Bonchev–Trinajstić information content (AvgIpc) is 2.45. The second kappa shape index (κ2) is 6.16. The van der Waals surface area contributed by atoms with E-state index in [-0.39, 0.29) is 30.1 Å². The SMILES string of the molecule is CC(C)[C@@H](CO)N[C@H]1C(=O)N(Cc2ccccc2)C1(C)C. The fraction of sp³-hybridized carbons (Fsp3) is 0.588. The summed E-state index contributed by atoms with van der Waals surface area (Å²) in [6, 6.07) is 9.76. The molecule has 1 saturated heterocycles. The third-order valence-electron chi connectivity index (χ3n) is 4.48. The van der Waals surface area contributed by atoms with Gasteiger partial charge in [0.1, 0.15) is 6.04 Å². The van der Waals surface area contributed by atoms with Crippen LogP contribution in [-0.2, 0) is 11.3 Å². The van der Waals surface area contributed by atoms with E-state index in [0.717, 1.165) is 5.56 Å². The van der Waals surface area contributed by atoms with E-state index in [1.807, 2.05) is 49.1 Å². The van der Waals surface area contributed by atoms with E-state index < -0.39 is 0 Å². The molecule has 2 N–H and O–H groups in total. The quantitative estimate of drug-likeness (QED) is 0.785. The van der Waals surface area contributed by atoms with E-state index in [1.165, 1.54) is 0 Å². The zero-order valence-corrected chi connectivity index (χ0v) is 13.3. The number of carbonyl (C=O) groups excluding carboxylic acids is 1. The largest absolute Gasteiger partial charge is 0.395 e. The molecule has 0 aromatic heterocycles. The van der Waals surface area contributed by atoms with Crippen LogP contribution in [0.4, 0.5) is 0 Å². The van der Waals surface area contributed by atoms with E-state index in [0.29, 0.717) is 12.5 Å². The van der Waals surface area contributed by atoms with Crippen molar-refractivity contribution in [1.82, 2.24) is 10.2 Å². The third kappa shape index (κ3) is 3.11. The van der Waals surface area contributed by atoms with Gasteiger partial charge < -0.3 is 10.0 Å². The van der Waals surface area contributed by atoms with E-state index in [2.05, 4.69) is 19.2 Å². The molecule has 1 aliphatic heterocycles. The molecule has 1 heterocycles. The topological polar surface area (TPSA) is 52.6 Å². The first kappa shape index (κ1) is 16.0. The van der Waals surface area contributed by atoms with Crippen LogP contribution in [0.1, 0.15) is 33.3 Å². The Morgan fingerprint density at radius 3 is 2.38 bits per heavy atom. The molecule has 1 amide bonds. The van der Waals surface area contributed by atoms with E-state index >= 15 is 0 Å². The standard InChI is InChI=1S/C17H26N2O2/c1-12(2)14(11-20)18-15-16(21)19(17(15,3)4)10-13-8-6-5-7-9-13/h5-9,12,14-15,18,20H,10-11H2,1-4H3/t14-,15+/m1/s1. The van der Waals surface area contributed by atoms with Crippen LogP contribution in [0.25, 0.3) is 0 Å². The number of hydrogen-bond acceptors (Lipinski definition) is 3. The van der Waals surface area contributed by atoms with E-state index in [4.69, 9.17) is 0 Å². The summed E-state index contributed by atoms with van der Waals surface area (Å²) in [5.41, 5.74) is 0.898. The first-order valence-electron chi connectivity index (χ1n) is 7.60. The van der Waals surface area contributed by atoms with Gasteiger partial charge in [0.2, 0.25) is 5.91 Å². The summed E-state index contributed by atoms with van der Waals surface area (Å²) in [5, 5.41) is 12.8. The highest BCUT2D eigenvalue weighted by atomic mass is 16.3. The van der Waals surface area contributed by atoms with Gasteiger partial charge in [0, 0.05) is 12.6 Å². The molecule has 0 spiro atoms. The van der Waals surface area contributed by atoms with Crippen molar-refractivity contribution < 1.29 is 9.90 Å². The van der Waals surface area contributed by atoms with E-state index in [9.17, 15) is 9.90 Å². The summed E-state index contributed by atoms with van der Waals surface area (Å²) < 4.78 is 0. The van der Waals surface area contributed by atoms with Crippen LogP contribution in [0.5, 0.6) is 0 Å². The molecule has 116 valence electrons. The number of β-lactam (4-membered cyclic amide) rings is 1. The highest BCUT2D eigenvalue weighted by molar-refractivity contribution is 5.91. The summed E-state index contributed by atoms with van der Waals surface area (Å²) >= 11 is 0. The van der Waals surface area contributed by atoms with Crippen LogP contribution in [0.2, 0.25) is 0 Å². The van der Waals surface area contributed by atoms with Gasteiger partial charge in [0.15, 0.2) is 0 Å². The lowest BCUT2D eigenvalue weighted by molar-refractivity contribution is -0.163. The second-order valence-electron chi connectivity index (χ2n) is 6.70. The fourth-order valence-electron chi connectivity index (χ4n) is 2.82. The number of nitrogens with zero attached hydrogens (tertiary/aromatic N) is 1. The number of nitrogens with one attached hydrogen (secondary N) is 1. The van der Waals surface area contributed by atoms with Crippen molar-refractivity contribution in [2.75, 3.05) is 6.61 Å². The smallest absolute Gasteiger partial charge is 0.242 e. The number of benzene rings is 1. The maximum absolute atomic E-state index is 12.4. The monoisotopic (exact) mass is 290 g/mol. The van der Waals surface area contributed by atoms with Crippen LogP contribution in [0.3, 0.4) is 0 Å².